The summed E-state index contributed by atoms with van der Waals surface area (Å²) in [4.78, 5) is 13.4. The number of benzene rings is 1. The fourth-order valence-corrected chi connectivity index (χ4v) is 2.47. The molecule has 0 saturated carbocycles. The van der Waals surface area contributed by atoms with Crippen LogP contribution in [0.25, 0.3) is 0 Å². The van der Waals surface area contributed by atoms with Crippen molar-refractivity contribution < 1.29 is 9.53 Å². The maximum atomic E-state index is 11.6. The van der Waals surface area contributed by atoms with Gasteiger partial charge in [0.05, 0.1) is 12.6 Å². The molecule has 17 heavy (non-hydrogen) atoms. The normalized spacial score (nSPS) is 22.3. The summed E-state index contributed by atoms with van der Waals surface area (Å²) in [7, 11) is 0. The molecule has 2 aliphatic rings. The highest BCUT2D eigenvalue weighted by Gasteiger charge is 2.29. The van der Waals surface area contributed by atoms with Crippen LogP contribution in [0, 0.1) is 0 Å². The van der Waals surface area contributed by atoms with Crippen LogP contribution in [-0.4, -0.2) is 30.6 Å². The van der Waals surface area contributed by atoms with Crippen molar-refractivity contribution in [2.24, 2.45) is 0 Å². The highest BCUT2D eigenvalue weighted by Crippen LogP contribution is 2.29. The molecule has 1 atom stereocenters. The first-order valence-corrected chi connectivity index (χ1v) is 6.09. The third kappa shape index (κ3) is 1.73. The zero-order chi connectivity index (χ0) is 11.8. The van der Waals surface area contributed by atoms with E-state index in [9.17, 15) is 4.79 Å². The number of carbonyl (C=O) groups excluding carboxylic acids is 1. The maximum absolute atomic E-state index is 11.6. The topological polar surface area (TPSA) is 41.6 Å². The van der Waals surface area contributed by atoms with E-state index in [1.807, 2.05) is 24.0 Å². The summed E-state index contributed by atoms with van der Waals surface area (Å²) in [5, 5.41) is 3.01. The highest BCUT2D eigenvalue weighted by molar-refractivity contribution is 5.77. The second kappa shape index (κ2) is 3.95. The lowest BCUT2D eigenvalue weighted by atomic mass is 10.0. The largest absolute Gasteiger partial charge is 0.493 e. The van der Waals surface area contributed by atoms with Gasteiger partial charge in [-0.2, -0.15) is 0 Å². The second-order valence-electron chi connectivity index (χ2n) is 4.51. The molecular weight excluding hydrogens is 216 g/mol. The zero-order valence-corrected chi connectivity index (χ0v) is 9.90. The first-order chi connectivity index (χ1) is 8.28. The van der Waals surface area contributed by atoms with Gasteiger partial charge in [-0.15, -0.1) is 0 Å². The van der Waals surface area contributed by atoms with Crippen LogP contribution in [-0.2, 0) is 6.42 Å². The van der Waals surface area contributed by atoms with Crippen molar-refractivity contribution in [3.8, 4) is 5.75 Å². The number of urea groups is 1. The fourth-order valence-electron chi connectivity index (χ4n) is 2.47. The molecule has 1 N–H and O–H groups in total. The molecule has 0 bridgehead atoms. The molecule has 2 aliphatic heterocycles. The summed E-state index contributed by atoms with van der Waals surface area (Å²) in [6, 6.07) is 6.38. The number of amides is 2. The predicted molar refractivity (Wildman–Crippen MR) is 64.2 cm³/mol. The Labute approximate surface area is 101 Å². The molecular formula is C13H16N2O2. The lowest BCUT2D eigenvalue weighted by Crippen LogP contribution is -2.27. The van der Waals surface area contributed by atoms with Crippen molar-refractivity contribution in [2.75, 3.05) is 19.7 Å². The van der Waals surface area contributed by atoms with Gasteiger partial charge < -0.3 is 15.0 Å². The van der Waals surface area contributed by atoms with Crippen LogP contribution in [0.3, 0.4) is 0 Å². The van der Waals surface area contributed by atoms with Gasteiger partial charge in [-0.05, 0) is 30.2 Å². The van der Waals surface area contributed by atoms with Crippen LogP contribution in [0.15, 0.2) is 18.2 Å². The smallest absolute Gasteiger partial charge is 0.318 e. The van der Waals surface area contributed by atoms with Crippen LogP contribution >= 0.6 is 0 Å². The van der Waals surface area contributed by atoms with Crippen molar-refractivity contribution in [2.45, 2.75) is 19.4 Å². The Morgan fingerprint density at radius 3 is 3.18 bits per heavy atom. The van der Waals surface area contributed by atoms with E-state index in [1.165, 1.54) is 11.1 Å². The minimum absolute atomic E-state index is 0.0363. The molecule has 90 valence electrons. The third-order valence-corrected chi connectivity index (χ3v) is 3.49. The van der Waals surface area contributed by atoms with Crippen LogP contribution < -0.4 is 10.1 Å². The lowest BCUT2D eigenvalue weighted by Gasteiger charge is -2.12. The van der Waals surface area contributed by atoms with Gasteiger partial charge in [0.25, 0.3) is 0 Å². The number of carbonyl (C=O) groups is 1. The summed E-state index contributed by atoms with van der Waals surface area (Å²) >= 11 is 0. The van der Waals surface area contributed by atoms with Crippen molar-refractivity contribution in [3.63, 3.8) is 0 Å². The number of likely N-dealkylation sites (N-methyl/N-ethyl adjacent to an activating group) is 1. The minimum Gasteiger partial charge on any atom is -0.493 e. The van der Waals surface area contributed by atoms with E-state index in [0.717, 1.165) is 31.9 Å². The highest BCUT2D eigenvalue weighted by atomic mass is 16.5. The van der Waals surface area contributed by atoms with E-state index >= 15 is 0 Å². The summed E-state index contributed by atoms with van der Waals surface area (Å²) in [5.41, 5.74) is 2.44. The van der Waals surface area contributed by atoms with Gasteiger partial charge in [0.15, 0.2) is 0 Å². The van der Waals surface area contributed by atoms with E-state index in [-0.39, 0.29) is 12.1 Å². The Hall–Kier alpha value is -1.71. The Bertz CT molecular complexity index is 459. The van der Waals surface area contributed by atoms with Crippen molar-refractivity contribution in [1.82, 2.24) is 10.2 Å². The fraction of sp³-hybridized carbons (Fsp3) is 0.462. The Kier molecular flexibility index (Phi) is 2.42. The molecule has 2 heterocycles. The number of fused-ring (bicyclic) bond motifs is 1. The molecule has 3 rings (SSSR count). The van der Waals surface area contributed by atoms with Crippen LogP contribution in [0.5, 0.6) is 5.75 Å². The molecule has 1 unspecified atom stereocenters. The molecule has 4 nitrogen and oxygen atoms in total. The van der Waals surface area contributed by atoms with E-state index in [4.69, 9.17) is 4.74 Å². The summed E-state index contributed by atoms with van der Waals surface area (Å²) in [6.07, 6.45) is 0.974. The molecule has 4 heteroatoms. The van der Waals surface area contributed by atoms with Gasteiger partial charge in [0.2, 0.25) is 0 Å². The zero-order valence-electron chi connectivity index (χ0n) is 9.90. The standard InChI is InChI=1S/C13H16N2O2/c1-2-15-8-11(14-13(15)16)9-3-4-12-10(7-9)5-6-17-12/h3-4,7,11H,2,5-6,8H2,1H3,(H,14,16). The van der Waals surface area contributed by atoms with Gasteiger partial charge in [-0.1, -0.05) is 6.07 Å². The molecule has 1 aromatic rings. The SMILES string of the molecule is CCN1CC(c2ccc3c(c2)CCO3)NC1=O. The number of ether oxygens (including phenoxy) is 1. The van der Waals surface area contributed by atoms with Gasteiger partial charge in [-0.25, -0.2) is 4.79 Å². The molecule has 1 saturated heterocycles. The average Bonchev–Trinajstić information content (AvgIpc) is 2.93. The number of hydrogen-bond acceptors (Lipinski definition) is 2. The van der Waals surface area contributed by atoms with Gasteiger partial charge in [0, 0.05) is 19.5 Å². The second-order valence-corrected chi connectivity index (χ2v) is 4.51. The van der Waals surface area contributed by atoms with E-state index in [2.05, 4.69) is 11.4 Å². The average molecular weight is 232 g/mol. The quantitative estimate of drug-likeness (QED) is 0.843. The maximum Gasteiger partial charge on any atom is 0.318 e. The first-order valence-electron chi connectivity index (χ1n) is 6.09. The summed E-state index contributed by atoms with van der Waals surface area (Å²) in [6.45, 7) is 4.29. The Morgan fingerprint density at radius 2 is 2.41 bits per heavy atom. The van der Waals surface area contributed by atoms with Crippen molar-refractivity contribution in [1.29, 1.82) is 0 Å². The van der Waals surface area contributed by atoms with Crippen LogP contribution in [0.1, 0.15) is 24.1 Å². The number of nitrogens with one attached hydrogen (secondary N) is 1. The van der Waals surface area contributed by atoms with E-state index < -0.39 is 0 Å². The molecule has 1 fully saturated rings. The Morgan fingerprint density at radius 1 is 1.53 bits per heavy atom. The van der Waals surface area contributed by atoms with Gasteiger partial charge in [0.1, 0.15) is 5.75 Å². The van der Waals surface area contributed by atoms with Crippen molar-refractivity contribution in [3.05, 3.63) is 29.3 Å². The predicted octanol–water partition coefficient (Wildman–Crippen LogP) is 1.71. The van der Waals surface area contributed by atoms with E-state index in [0.29, 0.717) is 0 Å². The first kappa shape index (κ1) is 10.4. The minimum atomic E-state index is 0.0363. The molecule has 0 radical (unpaired) electrons. The monoisotopic (exact) mass is 232 g/mol. The lowest BCUT2D eigenvalue weighted by molar-refractivity contribution is 0.219. The van der Waals surface area contributed by atoms with Gasteiger partial charge in [-0.3, -0.25) is 0 Å². The van der Waals surface area contributed by atoms with Crippen molar-refractivity contribution >= 4 is 6.03 Å². The third-order valence-electron chi connectivity index (χ3n) is 3.49. The Balaban J connectivity index is 1.83. The molecule has 0 aliphatic carbocycles. The number of rotatable bonds is 2. The van der Waals surface area contributed by atoms with Crippen LogP contribution in [0.4, 0.5) is 4.79 Å². The molecule has 1 aromatic carbocycles. The summed E-state index contributed by atoms with van der Waals surface area (Å²) < 4.78 is 5.48. The van der Waals surface area contributed by atoms with Gasteiger partial charge >= 0.3 is 6.03 Å². The summed E-state index contributed by atoms with van der Waals surface area (Å²) in [5.74, 6) is 0.991. The van der Waals surface area contributed by atoms with Crippen LogP contribution in [0.2, 0.25) is 0 Å². The molecule has 0 spiro atoms. The molecule has 0 aromatic heterocycles. The molecule has 2 amide bonds. The number of nitrogens with zero attached hydrogens (tertiary/aromatic N) is 1. The number of hydrogen-bond donors (Lipinski definition) is 1. The van der Waals surface area contributed by atoms with E-state index in [1.54, 1.807) is 0 Å².